The number of allylic oxidation sites excluding steroid dienone is 2. The summed E-state index contributed by atoms with van der Waals surface area (Å²) >= 11 is 0. The van der Waals surface area contributed by atoms with Gasteiger partial charge >= 0.3 is 10.2 Å². The van der Waals surface area contributed by atoms with Crippen molar-refractivity contribution in [2.75, 3.05) is 5.32 Å². The molecule has 0 saturated heterocycles. The lowest BCUT2D eigenvalue weighted by atomic mass is 10.1. The van der Waals surface area contributed by atoms with Gasteiger partial charge in [0.05, 0.1) is 5.69 Å². The number of carbonyl (C=O) groups excluding carboxylic acids is 1. The highest BCUT2D eigenvalue weighted by atomic mass is 32.3. The second-order valence-corrected chi connectivity index (χ2v) is 5.77. The van der Waals surface area contributed by atoms with Crippen LogP contribution in [0.25, 0.3) is 0 Å². The number of halogens is 1. The summed E-state index contributed by atoms with van der Waals surface area (Å²) in [5.41, 5.74) is -0.0167. The Balaban J connectivity index is 2.10. The highest BCUT2D eigenvalue weighted by Crippen LogP contribution is 2.25. The average molecular weight is 283 g/mol. The molecule has 0 saturated carbocycles. The van der Waals surface area contributed by atoms with E-state index in [0.29, 0.717) is 0 Å². The van der Waals surface area contributed by atoms with E-state index in [0.717, 1.165) is 18.9 Å². The molecule has 0 bridgehead atoms. The number of benzene rings is 1. The van der Waals surface area contributed by atoms with Crippen molar-refractivity contribution in [3.63, 3.8) is 0 Å². The van der Waals surface area contributed by atoms with Gasteiger partial charge in [0.2, 0.25) is 5.91 Å². The molecule has 4 nitrogen and oxygen atoms in total. The molecule has 6 heteroatoms. The van der Waals surface area contributed by atoms with Gasteiger partial charge in [0.15, 0.2) is 0 Å². The Labute approximate surface area is 111 Å². The van der Waals surface area contributed by atoms with Crippen molar-refractivity contribution in [2.24, 2.45) is 5.92 Å². The number of hydrogen-bond donors (Lipinski definition) is 1. The summed E-state index contributed by atoms with van der Waals surface area (Å²) in [6.45, 7) is 0. The Bertz CT molecular complexity index is 610. The van der Waals surface area contributed by atoms with Crippen LogP contribution in [0.4, 0.5) is 9.57 Å². The molecule has 1 aliphatic rings. The van der Waals surface area contributed by atoms with Crippen LogP contribution in [-0.2, 0) is 15.0 Å². The predicted octanol–water partition coefficient (Wildman–Crippen LogP) is 2.64. The third-order valence-electron chi connectivity index (χ3n) is 2.98. The molecule has 1 aliphatic carbocycles. The molecule has 1 atom stereocenters. The van der Waals surface area contributed by atoms with Gasteiger partial charge < -0.3 is 5.32 Å². The minimum atomic E-state index is -4.84. The fraction of sp³-hybridized carbons (Fsp3) is 0.308. The van der Waals surface area contributed by atoms with Crippen LogP contribution >= 0.6 is 0 Å². The second kappa shape index (κ2) is 5.52. The molecule has 0 spiro atoms. The van der Waals surface area contributed by atoms with Crippen LogP contribution in [0.15, 0.2) is 41.3 Å². The van der Waals surface area contributed by atoms with Gasteiger partial charge in [0, 0.05) is 6.42 Å². The Morgan fingerprint density at radius 3 is 2.74 bits per heavy atom. The quantitative estimate of drug-likeness (QED) is 0.682. The minimum Gasteiger partial charge on any atom is -0.325 e. The maximum Gasteiger partial charge on any atom is 0.334 e. The first kappa shape index (κ1) is 13.7. The maximum absolute atomic E-state index is 13.0. The van der Waals surface area contributed by atoms with E-state index >= 15 is 0 Å². The van der Waals surface area contributed by atoms with Crippen molar-refractivity contribution in [3.8, 4) is 0 Å². The van der Waals surface area contributed by atoms with Gasteiger partial charge in [-0.2, -0.15) is 8.42 Å². The van der Waals surface area contributed by atoms with E-state index < -0.39 is 15.1 Å². The number of carbonyl (C=O) groups is 1. The smallest absolute Gasteiger partial charge is 0.325 e. The lowest BCUT2D eigenvalue weighted by Crippen LogP contribution is -2.16. The molecule has 102 valence electrons. The zero-order valence-corrected chi connectivity index (χ0v) is 11.0. The summed E-state index contributed by atoms with van der Waals surface area (Å²) < 4.78 is 34.9. The predicted molar refractivity (Wildman–Crippen MR) is 69.8 cm³/mol. The lowest BCUT2D eigenvalue weighted by molar-refractivity contribution is -0.116. The lowest BCUT2D eigenvalue weighted by Gasteiger charge is -2.10. The van der Waals surface area contributed by atoms with Crippen LogP contribution in [0.2, 0.25) is 0 Å². The zero-order chi connectivity index (χ0) is 13.9. The SMILES string of the molecule is O=C(CC1C=CCC1)Nc1ccccc1S(=O)(=O)F. The van der Waals surface area contributed by atoms with Gasteiger partial charge in [-0.05, 0) is 30.9 Å². The Hall–Kier alpha value is -1.69. The highest BCUT2D eigenvalue weighted by molar-refractivity contribution is 7.86. The third-order valence-corrected chi connectivity index (χ3v) is 3.87. The van der Waals surface area contributed by atoms with E-state index in [1.807, 2.05) is 12.2 Å². The summed E-state index contributed by atoms with van der Waals surface area (Å²) in [4.78, 5) is 11.3. The number of rotatable bonds is 4. The molecular formula is C13H14FNO3S. The van der Waals surface area contributed by atoms with E-state index in [-0.39, 0.29) is 23.9 Å². The van der Waals surface area contributed by atoms with Crippen LogP contribution in [0, 0.1) is 5.92 Å². The van der Waals surface area contributed by atoms with E-state index in [2.05, 4.69) is 5.32 Å². The van der Waals surface area contributed by atoms with E-state index in [1.165, 1.54) is 12.1 Å². The van der Waals surface area contributed by atoms with Crippen LogP contribution in [0.5, 0.6) is 0 Å². The monoisotopic (exact) mass is 283 g/mol. The number of amides is 1. The van der Waals surface area contributed by atoms with Crippen molar-refractivity contribution in [1.82, 2.24) is 0 Å². The minimum absolute atomic E-state index is 0.0167. The molecule has 1 N–H and O–H groups in total. The molecule has 2 rings (SSSR count). The number of hydrogen-bond acceptors (Lipinski definition) is 3. The summed E-state index contributed by atoms with van der Waals surface area (Å²) in [5.74, 6) is -0.137. The Morgan fingerprint density at radius 1 is 1.37 bits per heavy atom. The van der Waals surface area contributed by atoms with E-state index in [4.69, 9.17) is 0 Å². The summed E-state index contributed by atoms with van der Waals surface area (Å²) in [7, 11) is -4.84. The van der Waals surface area contributed by atoms with Crippen molar-refractivity contribution in [2.45, 2.75) is 24.2 Å². The fourth-order valence-corrected chi connectivity index (χ4v) is 2.71. The van der Waals surface area contributed by atoms with Crippen LogP contribution in [-0.4, -0.2) is 14.3 Å². The first-order valence-electron chi connectivity index (χ1n) is 5.97. The summed E-state index contributed by atoms with van der Waals surface area (Å²) in [6.07, 6.45) is 6.12. The van der Waals surface area contributed by atoms with Gasteiger partial charge in [-0.15, -0.1) is 3.89 Å². The van der Waals surface area contributed by atoms with Crippen LogP contribution in [0.1, 0.15) is 19.3 Å². The molecule has 0 fully saturated rings. The molecule has 0 radical (unpaired) electrons. The average Bonchev–Trinajstić information content (AvgIpc) is 2.81. The zero-order valence-electron chi connectivity index (χ0n) is 10.2. The van der Waals surface area contributed by atoms with Gasteiger partial charge in [-0.1, -0.05) is 24.3 Å². The number of anilines is 1. The van der Waals surface area contributed by atoms with Gasteiger partial charge in [0.25, 0.3) is 0 Å². The summed E-state index contributed by atoms with van der Waals surface area (Å²) in [5, 5.41) is 2.45. The molecule has 0 aromatic heterocycles. The first-order chi connectivity index (χ1) is 8.97. The molecule has 0 heterocycles. The topological polar surface area (TPSA) is 63.2 Å². The van der Waals surface area contributed by atoms with Crippen molar-refractivity contribution < 1.29 is 17.1 Å². The molecule has 0 aliphatic heterocycles. The van der Waals surface area contributed by atoms with E-state index in [1.54, 1.807) is 6.07 Å². The van der Waals surface area contributed by atoms with Crippen molar-refractivity contribution >= 4 is 21.8 Å². The molecule has 1 unspecified atom stereocenters. The molecule has 1 aromatic rings. The first-order valence-corrected chi connectivity index (χ1v) is 7.35. The fourth-order valence-electron chi connectivity index (χ4n) is 2.09. The highest BCUT2D eigenvalue weighted by Gasteiger charge is 2.19. The molecule has 1 aromatic carbocycles. The number of nitrogens with one attached hydrogen (secondary N) is 1. The molecule has 1 amide bonds. The van der Waals surface area contributed by atoms with Gasteiger partial charge in [0.1, 0.15) is 4.90 Å². The summed E-state index contributed by atoms with van der Waals surface area (Å²) in [6, 6.07) is 5.44. The number of para-hydroxylation sites is 1. The van der Waals surface area contributed by atoms with Crippen LogP contribution in [0.3, 0.4) is 0 Å². The van der Waals surface area contributed by atoms with Crippen molar-refractivity contribution in [1.29, 1.82) is 0 Å². The maximum atomic E-state index is 13.0. The van der Waals surface area contributed by atoms with E-state index in [9.17, 15) is 17.1 Å². The van der Waals surface area contributed by atoms with Gasteiger partial charge in [-0.25, -0.2) is 0 Å². The second-order valence-electron chi connectivity index (χ2n) is 4.45. The van der Waals surface area contributed by atoms with Crippen molar-refractivity contribution in [3.05, 3.63) is 36.4 Å². The van der Waals surface area contributed by atoms with Crippen LogP contribution < -0.4 is 5.32 Å². The van der Waals surface area contributed by atoms with Gasteiger partial charge in [-0.3, -0.25) is 4.79 Å². The third kappa shape index (κ3) is 3.64. The molecule has 19 heavy (non-hydrogen) atoms. The Morgan fingerprint density at radius 2 is 2.11 bits per heavy atom. The molecular weight excluding hydrogens is 269 g/mol. The normalized spacial score (nSPS) is 18.5. The Kier molecular flexibility index (Phi) is 3.99. The standard InChI is InChI=1S/C13H14FNO3S/c14-19(17,18)12-8-4-3-7-11(12)15-13(16)9-10-5-1-2-6-10/h1,3-5,7-8,10H,2,6,9H2,(H,15,16). The largest absolute Gasteiger partial charge is 0.334 e.